The van der Waals surface area contributed by atoms with Crippen LogP contribution in [-0.2, 0) is 15.5 Å². The molecular formula is C10H10ClFO2S. The van der Waals surface area contributed by atoms with Crippen molar-refractivity contribution in [3.8, 4) is 0 Å². The summed E-state index contributed by atoms with van der Waals surface area (Å²) >= 11 is 0. The van der Waals surface area contributed by atoms with Crippen LogP contribution in [0, 0.1) is 5.82 Å². The zero-order chi connectivity index (χ0) is 11.1. The van der Waals surface area contributed by atoms with Crippen LogP contribution in [0.1, 0.15) is 18.4 Å². The summed E-state index contributed by atoms with van der Waals surface area (Å²) in [6.45, 7) is 0. The molecule has 2 rings (SSSR count). The van der Waals surface area contributed by atoms with Gasteiger partial charge in [0, 0.05) is 10.7 Å². The fraction of sp³-hybridized carbons (Fsp3) is 0.400. The molecule has 82 valence electrons. The summed E-state index contributed by atoms with van der Waals surface area (Å²) < 4.78 is 34.9. The second-order valence-electron chi connectivity index (χ2n) is 3.89. The van der Waals surface area contributed by atoms with E-state index in [1.807, 2.05) is 0 Å². The van der Waals surface area contributed by atoms with Crippen molar-refractivity contribution >= 4 is 19.7 Å². The lowest BCUT2D eigenvalue weighted by Gasteiger charge is -2.11. The van der Waals surface area contributed by atoms with E-state index in [1.165, 1.54) is 6.07 Å². The minimum Gasteiger partial charge on any atom is -0.212 e. The molecule has 0 unspecified atom stereocenters. The highest BCUT2D eigenvalue weighted by Gasteiger charge is 2.53. The van der Waals surface area contributed by atoms with Crippen molar-refractivity contribution in [2.75, 3.05) is 0 Å². The molecule has 1 aliphatic rings. The van der Waals surface area contributed by atoms with Gasteiger partial charge in [0.25, 0.3) is 0 Å². The average Bonchev–Trinajstić information content (AvgIpc) is 2.89. The van der Waals surface area contributed by atoms with E-state index in [0.717, 1.165) is 0 Å². The fourth-order valence-corrected chi connectivity index (χ4v) is 3.18. The van der Waals surface area contributed by atoms with Gasteiger partial charge in [0.2, 0.25) is 9.05 Å². The fourth-order valence-electron chi connectivity index (χ4n) is 1.64. The third-order valence-corrected chi connectivity index (χ3v) is 5.36. The van der Waals surface area contributed by atoms with Crippen LogP contribution in [0.3, 0.4) is 0 Å². The maximum atomic E-state index is 13.3. The number of hydrogen-bond acceptors (Lipinski definition) is 2. The summed E-state index contributed by atoms with van der Waals surface area (Å²) in [5, 5.41) is 0. The maximum absolute atomic E-state index is 13.3. The van der Waals surface area contributed by atoms with Gasteiger partial charge in [-0.1, -0.05) is 18.2 Å². The molecule has 2 nitrogen and oxygen atoms in total. The highest BCUT2D eigenvalue weighted by Crippen LogP contribution is 2.48. The van der Waals surface area contributed by atoms with E-state index in [1.54, 1.807) is 18.2 Å². The Morgan fingerprint density at radius 3 is 2.40 bits per heavy atom. The molecule has 1 aromatic carbocycles. The van der Waals surface area contributed by atoms with Crippen molar-refractivity contribution in [1.29, 1.82) is 0 Å². The Kier molecular flexibility index (Phi) is 2.51. The van der Waals surface area contributed by atoms with Crippen molar-refractivity contribution in [2.24, 2.45) is 0 Å². The average molecular weight is 249 g/mol. The maximum Gasteiger partial charge on any atom is 0.238 e. The molecule has 0 aromatic heterocycles. The summed E-state index contributed by atoms with van der Waals surface area (Å²) in [6.07, 6.45) is 1.21. The van der Waals surface area contributed by atoms with E-state index < -0.39 is 13.8 Å². The predicted molar refractivity (Wildman–Crippen MR) is 56.8 cm³/mol. The molecule has 0 radical (unpaired) electrons. The van der Waals surface area contributed by atoms with Gasteiger partial charge in [-0.15, -0.1) is 0 Å². The van der Waals surface area contributed by atoms with E-state index >= 15 is 0 Å². The molecular weight excluding hydrogens is 239 g/mol. The lowest BCUT2D eigenvalue weighted by molar-refractivity contribution is 0.579. The first-order chi connectivity index (χ1) is 6.95. The zero-order valence-electron chi connectivity index (χ0n) is 7.91. The van der Waals surface area contributed by atoms with Crippen LogP contribution in [-0.4, -0.2) is 13.2 Å². The second kappa shape index (κ2) is 3.46. The lowest BCUT2D eigenvalue weighted by Crippen LogP contribution is -2.21. The second-order valence-corrected chi connectivity index (χ2v) is 6.85. The standard InChI is InChI=1S/C10H10ClFO2S/c11-15(13,14)10(5-6-10)7-8-3-1-2-4-9(8)12/h1-4H,5-7H2. The minimum atomic E-state index is -3.60. The Balaban J connectivity index is 2.28. The van der Waals surface area contributed by atoms with Crippen molar-refractivity contribution in [3.63, 3.8) is 0 Å². The molecule has 0 N–H and O–H groups in total. The van der Waals surface area contributed by atoms with E-state index in [4.69, 9.17) is 10.7 Å². The molecule has 15 heavy (non-hydrogen) atoms. The van der Waals surface area contributed by atoms with Crippen molar-refractivity contribution in [3.05, 3.63) is 35.6 Å². The van der Waals surface area contributed by atoms with E-state index in [0.29, 0.717) is 18.4 Å². The van der Waals surface area contributed by atoms with Gasteiger partial charge in [0.15, 0.2) is 0 Å². The summed E-state index contributed by atoms with van der Waals surface area (Å²) in [5.41, 5.74) is 0.416. The molecule has 0 bridgehead atoms. The van der Waals surface area contributed by atoms with Gasteiger partial charge in [-0.3, -0.25) is 0 Å². The van der Waals surface area contributed by atoms with Gasteiger partial charge in [-0.25, -0.2) is 12.8 Å². The first-order valence-electron chi connectivity index (χ1n) is 4.62. The lowest BCUT2D eigenvalue weighted by atomic mass is 10.1. The highest BCUT2D eigenvalue weighted by molar-refractivity contribution is 8.15. The Morgan fingerprint density at radius 2 is 1.93 bits per heavy atom. The van der Waals surface area contributed by atoms with E-state index in [-0.39, 0.29) is 12.2 Å². The van der Waals surface area contributed by atoms with Gasteiger partial charge >= 0.3 is 0 Å². The Labute approximate surface area is 92.5 Å². The predicted octanol–water partition coefficient (Wildman–Crippen LogP) is 2.47. The first-order valence-corrected chi connectivity index (χ1v) is 6.93. The molecule has 0 aliphatic heterocycles. The molecule has 1 fully saturated rings. The van der Waals surface area contributed by atoms with Crippen molar-refractivity contribution in [2.45, 2.75) is 24.0 Å². The highest BCUT2D eigenvalue weighted by atomic mass is 35.7. The molecule has 0 spiro atoms. The molecule has 1 saturated carbocycles. The number of hydrogen-bond donors (Lipinski definition) is 0. The van der Waals surface area contributed by atoms with Crippen molar-refractivity contribution in [1.82, 2.24) is 0 Å². The third-order valence-electron chi connectivity index (χ3n) is 2.80. The molecule has 0 atom stereocenters. The summed E-state index contributed by atoms with van der Waals surface area (Å²) in [5.74, 6) is -0.371. The third kappa shape index (κ3) is 2.01. The molecule has 5 heteroatoms. The Bertz CT molecular complexity index is 480. The van der Waals surface area contributed by atoms with Crippen LogP contribution in [0.25, 0.3) is 0 Å². The minimum absolute atomic E-state index is 0.172. The van der Waals surface area contributed by atoms with Crippen LogP contribution in [0.4, 0.5) is 4.39 Å². The van der Waals surface area contributed by atoms with Gasteiger partial charge in [0.05, 0.1) is 4.75 Å². The van der Waals surface area contributed by atoms with Gasteiger partial charge in [-0.05, 0) is 30.9 Å². The van der Waals surface area contributed by atoms with Gasteiger partial charge in [-0.2, -0.15) is 0 Å². The summed E-state index contributed by atoms with van der Waals surface area (Å²) in [7, 11) is 1.74. The zero-order valence-corrected chi connectivity index (χ0v) is 9.48. The number of rotatable bonds is 3. The molecule has 1 aliphatic carbocycles. The molecule has 0 heterocycles. The van der Waals surface area contributed by atoms with Crippen LogP contribution < -0.4 is 0 Å². The van der Waals surface area contributed by atoms with E-state index in [9.17, 15) is 12.8 Å². The SMILES string of the molecule is O=S(=O)(Cl)C1(Cc2ccccc2F)CC1. The number of halogens is 2. The van der Waals surface area contributed by atoms with Gasteiger partial charge in [0.1, 0.15) is 5.82 Å². The van der Waals surface area contributed by atoms with Crippen LogP contribution in [0.15, 0.2) is 24.3 Å². The van der Waals surface area contributed by atoms with Crippen molar-refractivity contribution < 1.29 is 12.8 Å². The summed E-state index contributed by atoms with van der Waals surface area (Å²) in [6, 6.07) is 6.19. The smallest absolute Gasteiger partial charge is 0.212 e. The quantitative estimate of drug-likeness (QED) is 0.770. The molecule has 1 aromatic rings. The normalized spacial score (nSPS) is 18.8. The molecule has 0 amide bonds. The van der Waals surface area contributed by atoms with Crippen LogP contribution >= 0.6 is 10.7 Å². The molecule has 0 saturated heterocycles. The van der Waals surface area contributed by atoms with Crippen LogP contribution in [0.2, 0.25) is 0 Å². The van der Waals surface area contributed by atoms with E-state index in [2.05, 4.69) is 0 Å². The monoisotopic (exact) mass is 248 g/mol. The largest absolute Gasteiger partial charge is 0.238 e. The topological polar surface area (TPSA) is 34.1 Å². The Hall–Kier alpha value is -0.610. The first kappa shape index (κ1) is 10.9. The Morgan fingerprint density at radius 1 is 1.33 bits per heavy atom. The number of benzene rings is 1. The van der Waals surface area contributed by atoms with Crippen LogP contribution in [0.5, 0.6) is 0 Å². The van der Waals surface area contributed by atoms with Gasteiger partial charge < -0.3 is 0 Å². The summed E-state index contributed by atoms with van der Waals surface area (Å²) in [4.78, 5) is 0.